The molecule has 0 bridgehead atoms. The molecule has 2 aliphatic rings. The average Bonchev–Trinajstić information content (AvgIpc) is 2.89. The molecular formula is C17H26O7. The van der Waals surface area contributed by atoms with Crippen LogP contribution in [-0.4, -0.2) is 47.9 Å². The van der Waals surface area contributed by atoms with Gasteiger partial charge in [-0.3, -0.25) is 9.59 Å². The summed E-state index contributed by atoms with van der Waals surface area (Å²) in [6.45, 7) is 6.45. The van der Waals surface area contributed by atoms with Crippen molar-refractivity contribution in [3.8, 4) is 0 Å². The van der Waals surface area contributed by atoms with Crippen molar-refractivity contribution in [1.29, 1.82) is 0 Å². The fourth-order valence-electron chi connectivity index (χ4n) is 3.80. The van der Waals surface area contributed by atoms with Crippen molar-refractivity contribution in [3.63, 3.8) is 0 Å². The van der Waals surface area contributed by atoms with E-state index in [1.165, 1.54) is 0 Å². The fourth-order valence-corrected chi connectivity index (χ4v) is 3.80. The van der Waals surface area contributed by atoms with Gasteiger partial charge >= 0.3 is 11.9 Å². The Balaban J connectivity index is 2.23. The summed E-state index contributed by atoms with van der Waals surface area (Å²) in [5.74, 6) is -4.24. The third-order valence-electron chi connectivity index (χ3n) is 4.81. The molecule has 7 nitrogen and oxygen atoms in total. The molecule has 1 aliphatic heterocycles. The standard InChI is InChI=1S/C17H26O7/c1-4-22-13-8-11(17(24-13)23-5-2)10-6-9(3)14(16(20)21)12(7-10)15(18)19/h6,10-14,17H,4-5,7-8H2,1-3H3,(H,18,19)(H,20,21). The first-order chi connectivity index (χ1) is 11.4. The zero-order chi connectivity index (χ0) is 17.9. The summed E-state index contributed by atoms with van der Waals surface area (Å²) >= 11 is 0. The smallest absolute Gasteiger partial charge is 0.311 e. The summed E-state index contributed by atoms with van der Waals surface area (Å²) in [5.41, 5.74) is 0.584. The molecule has 2 N–H and O–H groups in total. The Morgan fingerprint density at radius 2 is 1.83 bits per heavy atom. The highest BCUT2D eigenvalue weighted by Gasteiger charge is 2.46. The molecule has 0 saturated carbocycles. The molecule has 0 spiro atoms. The van der Waals surface area contributed by atoms with E-state index in [0.717, 1.165) is 0 Å². The zero-order valence-electron chi connectivity index (χ0n) is 14.3. The summed E-state index contributed by atoms with van der Waals surface area (Å²) in [6.07, 6.45) is 1.92. The van der Waals surface area contributed by atoms with Gasteiger partial charge in [-0.15, -0.1) is 0 Å². The lowest BCUT2D eigenvalue weighted by Gasteiger charge is -2.34. The molecule has 2 rings (SSSR count). The molecule has 1 saturated heterocycles. The first kappa shape index (κ1) is 18.9. The number of carbonyl (C=O) groups is 2. The third kappa shape index (κ3) is 3.96. The Morgan fingerprint density at radius 3 is 2.38 bits per heavy atom. The molecule has 0 aromatic heterocycles. The predicted octanol–water partition coefficient (Wildman–Crippen LogP) is 2.12. The van der Waals surface area contributed by atoms with Crippen LogP contribution in [-0.2, 0) is 23.8 Å². The minimum absolute atomic E-state index is 0.0481. The molecule has 0 radical (unpaired) electrons. The van der Waals surface area contributed by atoms with Gasteiger partial charge in [-0.05, 0) is 33.1 Å². The van der Waals surface area contributed by atoms with Crippen LogP contribution < -0.4 is 0 Å². The van der Waals surface area contributed by atoms with E-state index in [1.54, 1.807) is 6.92 Å². The van der Waals surface area contributed by atoms with Crippen molar-refractivity contribution in [2.45, 2.75) is 46.2 Å². The molecule has 136 valence electrons. The third-order valence-corrected chi connectivity index (χ3v) is 4.81. The number of rotatable bonds is 7. The molecule has 24 heavy (non-hydrogen) atoms. The maximum atomic E-state index is 11.6. The lowest BCUT2D eigenvalue weighted by molar-refractivity contribution is -0.210. The molecule has 6 atom stereocenters. The van der Waals surface area contributed by atoms with Crippen LogP contribution >= 0.6 is 0 Å². The maximum absolute atomic E-state index is 11.6. The van der Waals surface area contributed by atoms with Gasteiger partial charge in [0.05, 0.1) is 11.8 Å². The molecule has 7 heteroatoms. The van der Waals surface area contributed by atoms with E-state index < -0.39 is 30.1 Å². The largest absolute Gasteiger partial charge is 0.481 e. The van der Waals surface area contributed by atoms with Crippen LogP contribution in [0, 0.1) is 23.7 Å². The number of hydrogen-bond acceptors (Lipinski definition) is 5. The van der Waals surface area contributed by atoms with Crippen molar-refractivity contribution in [3.05, 3.63) is 11.6 Å². The van der Waals surface area contributed by atoms with E-state index in [9.17, 15) is 19.8 Å². The van der Waals surface area contributed by atoms with Gasteiger partial charge in [-0.1, -0.05) is 11.6 Å². The Bertz CT molecular complexity index is 501. The summed E-state index contributed by atoms with van der Waals surface area (Å²) in [5, 5.41) is 18.8. The molecule has 0 aromatic rings. The summed E-state index contributed by atoms with van der Waals surface area (Å²) in [4.78, 5) is 23.0. The van der Waals surface area contributed by atoms with Crippen molar-refractivity contribution < 1.29 is 34.0 Å². The van der Waals surface area contributed by atoms with Crippen LogP contribution in [0.25, 0.3) is 0 Å². The minimum Gasteiger partial charge on any atom is -0.481 e. The SMILES string of the molecule is CCOC1CC(C2C=C(C)C(C(=O)O)C(C(=O)O)C2)C(OCC)O1. The van der Waals surface area contributed by atoms with Crippen LogP contribution in [0.4, 0.5) is 0 Å². The van der Waals surface area contributed by atoms with Gasteiger partial charge < -0.3 is 24.4 Å². The van der Waals surface area contributed by atoms with E-state index >= 15 is 0 Å². The highest BCUT2D eigenvalue weighted by atomic mass is 16.8. The number of carboxylic acid groups (broad SMARTS) is 2. The Kier molecular flexibility index (Phi) is 6.37. The summed E-state index contributed by atoms with van der Waals surface area (Å²) < 4.78 is 17.0. The predicted molar refractivity (Wildman–Crippen MR) is 84.1 cm³/mol. The van der Waals surface area contributed by atoms with Crippen LogP contribution in [0.1, 0.15) is 33.6 Å². The van der Waals surface area contributed by atoms with Gasteiger partial charge in [0.1, 0.15) is 0 Å². The molecule has 1 fully saturated rings. The van der Waals surface area contributed by atoms with Crippen LogP contribution in [0.3, 0.4) is 0 Å². The first-order valence-electron chi connectivity index (χ1n) is 8.41. The lowest BCUT2D eigenvalue weighted by atomic mass is 9.70. The van der Waals surface area contributed by atoms with Crippen molar-refractivity contribution >= 4 is 11.9 Å². The van der Waals surface area contributed by atoms with Gasteiger partial charge in [-0.25, -0.2) is 0 Å². The lowest BCUT2D eigenvalue weighted by Crippen LogP contribution is -2.38. The van der Waals surface area contributed by atoms with E-state index in [-0.39, 0.29) is 24.5 Å². The van der Waals surface area contributed by atoms with Gasteiger partial charge in [0.2, 0.25) is 0 Å². The van der Waals surface area contributed by atoms with Gasteiger partial charge in [-0.2, -0.15) is 0 Å². The Labute approximate surface area is 141 Å². The van der Waals surface area contributed by atoms with Crippen molar-refractivity contribution in [1.82, 2.24) is 0 Å². The van der Waals surface area contributed by atoms with E-state index in [1.807, 2.05) is 19.9 Å². The summed E-state index contributed by atoms with van der Waals surface area (Å²) in [6, 6.07) is 0. The van der Waals surface area contributed by atoms with Crippen molar-refractivity contribution in [2.75, 3.05) is 13.2 Å². The number of carboxylic acids is 2. The van der Waals surface area contributed by atoms with Gasteiger partial charge in [0.15, 0.2) is 12.6 Å². The van der Waals surface area contributed by atoms with Gasteiger partial charge in [0, 0.05) is 25.6 Å². The second-order valence-electron chi connectivity index (χ2n) is 6.32. The summed E-state index contributed by atoms with van der Waals surface area (Å²) in [7, 11) is 0. The van der Waals surface area contributed by atoms with Crippen LogP contribution in [0.15, 0.2) is 11.6 Å². The first-order valence-corrected chi connectivity index (χ1v) is 8.41. The fraction of sp³-hybridized carbons (Fsp3) is 0.765. The van der Waals surface area contributed by atoms with Crippen molar-refractivity contribution in [2.24, 2.45) is 23.7 Å². The highest BCUT2D eigenvalue weighted by molar-refractivity contribution is 5.82. The quantitative estimate of drug-likeness (QED) is 0.683. The molecule has 0 aromatic carbocycles. The normalized spacial score (nSPS) is 36.4. The monoisotopic (exact) mass is 342 g/mol. The Morgan fingerprint density at radius 1 is 1.17 bits per heavy atom. The second kappa shape index (κ2) is 8.09. The molecule has 6 unspecified atom stereocenters. The minimum atomic E-state index is -1.09. The number of allylic oxidation sites excluding steroid dienone is 1. The van der Waals surface area contributed by atoms with E-state index in [4.69, 9.17) is 14.2 Å². The van der Waals surface area contributed by atoms with E-state index in [2.05, 4.69) is 0 Å². The number of ether oxygens (including phenoxy) is 3. The highest BCUT2D eigenvalue weighted by Crippen LogP contribution is 2.43. The molecule has 1 aliphatic carbocycles. The molecular weight excluding hydrogens is 316 g/mol. The number of aliphatic carboxylic acids is 2. The topological polar surface area (TPSA) is 102 Å². The zero-order valence-corrected chi connectivity index (χ0v) is 14.3. The average molecular weight is 342 g/mol. The number of hydrogen-bond donors (Lipinski definition) is 2. The van der Waals surface area contributed by atoms with Crippen LogP contribution in [0.5, 0.6) is 0 Å². The molecule has 0 amide bonds. The second-order valence-corrected chi connectivity index (χ2v) is 6.32. The molecule has 1 heterocycles. The van der Waals surface area contributed by atoms with Gasteiger partial charge in [0.25, 0.3) is 0 Å². The maximum Gasteiger partial charge on any atom is 0.311 e. The van der Waals surface area contributed by atoms with Crippen LogP contribution in [0.2, 0.25) is 0 Å². The van der Waals surface area contributed by atoms with E-state index in [0.29, 0.717) is 25.2 Å². The Hall–Kier alpha value is -1.44.